The second-order valence-electron chi connectivity index (χ2n) is 4.40. The number of hydrogen-bond donors (Lipinski definition) is 0. The summed E-state index contributed by atoms with van der Waals surface area (Å²) in [5, 5.41) is 10.1. The van der Waals surface area contributed by atoms with Crippen molar-refractivity contribution >= 4 is 63.8 Å². The van der Waals surface area contributed by atoms with E-state index in [1.165, 1.54) is 12.1 Å². The molecule has 2 rings (SSSR count). The van der Waals surface area contributed by atoms with Gasteiger partial charge in [-0.2, -0.15) is 0 Å². The Balaban J connectivity index is 2.41. The third-order valence-electron chi connectivity index (χ3n) is 2.97. The molecule has 1 aliphatic heterocycles. The van der Waals surface area contributed by atoms with Crippen LogP contribution in [-0.4, -0.2) is 40.6 Å². The van der Waals surface area contributed by atoms with Crippen LogP contribution in [0.25, 0.3) is 6.08 Å². The average Bonchev–Trinajstić information content (AvgIpc) is 2.78. The van der Waals surface area contributed by atoms with Gasteiger partial charge in [-0.25, -0.2) is 0 Å². The van der Waals surface area contributed by atoms with E-state index in [1.807, 2.05) is 0 Å². The summed E-state index contributed by atoms with van der Waals surface area (Å²) >= 11 is 12.5. The summed E-state index contributed by atoms with van der Waals surface area (Å²) in [6.45, 7) is -0.533. The van der Waals surface area contributed by atoms with Gasteiger partial charge in [-0.05, 0) is 23.9 Å². The van der Waals surface area contributed by atoms with E-state index in [9.17, 15) is 24.5 Å². The van der Waals surface area contributed by atoms with E-state index < -0.39 is 28.6 Å². The third-order valence-corrected chi connectivity index (χ3v) is 4.60. The van der Waals surface area contributed by atoms with E-state index in [-0.39, 0.29) is 26.2 Å². The van der Waals surface area contributed by atoms with Gasteiger partial charge in [-0.1, -0.05) is 23.2 Å². The molecule has 0 saturated carbocycles. The molecule has 0 unspecified atom stereocenters. The Kier molecular flexibility index (Phi) is 5.47. The first kappa shape index (κ1) is 18.2. The molecule has 0 aromatic heterocycles. The summed E-state index contributed by atoms with van der Waals surface area (Å²) in [6.07, 6.45) is 1.18. The maximum absolute atomic E-state index is 12.2. The Morgan fingerprint density at radius 2 is 2.08 bits per heavy atom. The number of carbonyl (C=O) groups excluding carboxylic acids is 3. The smallest absolute Gasteiger partial charge is 0.325 e. The molecule has 1 saturated heterocycles. The number of methoxy groups -OCH3 is 1. The zero-order valence-electron chi connectivity index (χ0n) is 11.9. The van der Waals surface area contributed by atoms with Gasteiger partial charge in [0.05, 0.1) is 16.9 Å². The summed E-state index contributed by atoms with van der Waals surface area (Å²) in [6, 6.07) is 2.39. The van der Waals surface area contributed by atoms with E-state index in [1.54, 1.807) is 0 Å². The summed E-state index contributed by atoms with van der Waals surface area (Å²) in [5.74, 6) is -1.50. The van der Waals surface area contributed by atoms with Gasteiger partial charge in [0.1, 0.15) is 11.6 Å². The maximum Gasteiger partial charge on any atom is 0.325 e. The zero-order chi connectivity index (χ0) is 18.0. The number of imide groups is 1. The van der Waals surface area contributed by atoms with Crippen molar-refractivity contribution in [3.05, 3.63) is 42.8 Å². The minimum absolute atomic E-state index is 0.0381. The van der Waals surface area contributed by atoms with Crippen LogP contribution in [0.1, 0.15) is 5.56 Å². The topological polar surface area (TPSA) is 107 Å². The summed E-state index contributed by atoms with van der Waals surface area (Å²) in [5.41, 5.74) is -0.350. The van der Waals surface area contributed by atoms with Crippen LogP contribution < -0.4 is 0 Å². The Morgan fingerprint density at radius 1 is 1.42 bits per heavy atom. The van der Waals surface area contributed by atoms with Crippen LogP contribution in [0.4, 0.5) is 10.5 Å². The molecule has 2 amide bonds. The quantitative estimate of drug-likeness (QED) is 0.336. The molecule has 0 N–H and O–H groups in total. The number of benzene rings is 1. The van der Waals surface area contributed by atoms with E-state index in [2.05, 4.69) is 4.74 Å². The van der Waals surface area contributed by atoms with Crippen LogP contribution in [0, 0.1) is 10.1 Å². The lowest BCUT2D eigenvalue weighted by molar-refractivity contribution is -0.384. The largest absolute Gasteiger partial charge is 0.468 e. The number of thioether (sulfide) groups is 1. The first-order valence-electron chi connectivity index (χ1n) is 6.20. The minimum atomic E-state index is -0.759. The van der Waals surface area contributed by atoms with E-state index in [4.69, 9.17) is 23.2 Å². The second kappa shape index (κ2) is 7.20. The second-order valence-corrected chi connectivity index (χ2v) is 6.17. The molecule has 1 aromatic carbocycles. The number of esters is 1. The molecule has 11 heteroatoms. The van der Waals surface area contributed by atoms with Gasteiger partial charge in [-0.15, -0.1) is 0 Å². The standard InChI is InChI=1S/C13H8Cl2N2O6S/c1-23-10(18)5-16-12(19)9(24-13(16)20)4-6-7(14)2-3-8(11(6)15)17(21)22/h2-4H,5H2,1H3/b9-4-. The summed E-state index contributed by atoms with van der Waals surface area (Å²) < 4.78 is 4.41. The summed E-state index contributed by atoms with van der Waals surface area (Å²) in [4.78, 5) is 46.1. The van der Waals surface area contributed by atoms with Crippen molar-refractivity contribution in [2.75, 3.05) is 13.7 Å². The van der Waals surface area contributed by atoms with Crippen molar-refractivity contribution in [2.24, 2.45) is 0 Å². The lowest BCUT2D eigenvalue weighted by atomic mass is 10.1. The number of nitro groups is 1. The number of carbonyl (C=O) groups is 3. The molecule has 0 bridgehead atoms. The van der Waals surface area contributed by atoms with Gasteiger partial charge in [0.15, 0.2) is 0 Å². The van der Waals surface area contributed by atoms with Crippen LogP contribution in [0.5, 0.6) is 0 Å². The number of halogens is 2. The molecule has 24 heavy (non-hydrogen) atoms. The normalized spacial score (nSPS) is 16.0. The maximum atomic E-state index is 12.2. The number of hydrogen-bond acceptors (Lipinski definition) is 7. The Hall–Kier alpha value is -2.10. The van der Waals surface area contributed by atoms with E-state index in [0.717, 1.165) is 13.2 Å². The molecule has 0 spiro atoms. The first-order chi connectivity index (χ1) is 11.3. The minimum Gasteiger partial charge on any atom is -0.468 e. The highest BCUT2D eigenvalue weighted by Crippen LogP contribution is 2.38. The van der Waals surface area contributed by atoms with Gasteiger partial charge in [-0.3, -0.25) is 29.4 Å². The number of nitro benzene ring substituents is 1. The predicted octanol–water partition coefficient (Wildman–Crippen LogP) is 3.11. The fourth-order valence-corrected chi connectivity index (χ4v) is 3.16. The SMILES string of the molecule is COC(=O)CN1C(=O)S/C(=C\c2c(Cl)ccc([N+](=O)[O-])c2Cl)C1=O. The van der Waals surface area contributed by atoms with Gasteiger partial charge < -0.3 is 4.74 Å². The fraction of sp³-hybridized carbons (Fsp3) is 0.154. The monoisotopic (exact) mass is 390 g/mol. The number of ether oxygens (including phenoxy) is 1. The number of amides is 2. The molecule has 1 aromatic rings. The zero-order valence-corrected chi connectivity index (χ0v) is 14.3. The van der Waals surface area contributed by atoms with Gasteiger partial charge in [0, 0.05) is 16.7 Å². The van der Waals surface area contributed by atoms with Gasteiger partial charge in [0.2, 0.25) is 0 Å². The highest BCUT2D eigenvalue weighted by Gasteiger charge is 2.37. The Morgan fingerprint density at radius 3 is 2.67 bits per heavy atom. The molecule has 1 aliphatic rings. The lowest BCUT2D eigenvalue weighted by Gasteiger charge is -2.09. The van der Waals surface area contributed by atoms with Crippen molar-refractivity contribution in [1.82, 2.24) is 4.90 Å². The highest BCUT2D eigenvalue weighted by molar-refractivity contribution is 8.18. The highest BCUT2D eigenvalue weighted by atomic mass is 35.5. The molecule has 0 radical (unpaired) electrons. The van der Waals surface area contributed by atoms with Crippen LogP contribution in [0.3, 0.4) is 0 Å². The predicted molar refractivity (Wildman–Crippen MR) is 87.8 cm³/mol. The molecule has 1 fully saturated rings. The summed E-state index contributed by atoms with van der Waals surface area (Å²) in [7, 11) is 1.12. The molecule has 0 atom stereocenters. The molecule has 1 heterocycles. The van der Waals surface area contributed by atoms with Crippen LogP contribution >= 0.6 is 35.0 Å². The van der Waals surface area contributed by atoms with Crippen LogP contribution in [0.15, 0.2) is 17.0 Å². The van der Waals surface area contributed by atoms with Crippen molar-refractivity contribution in [1.29, 1.82) is 0 Å². The number of rotatable bonds is 4. The Bertz CT molecular complexity index is 795. The van der Waals surface area contributed by atoms with Gasteiger partial charge in [0.25, 0.3) is 16.8 Å². The lowest BCUT2D eigenvalue weighted by Crippen LogP contribution is -2.34. The third kappa shape index (κ3) is 3.53. The van der Waals surface area contributed by atoms with Crippen molar-refractivity contribution < 1.29 is 24.0 Å². The van der Waals surface area contributed by atoms with E-state index in [0.29, 0.717) is 16.7 Å². The number of nitrogens with zero attached hydrogens (tertiary/aromatic N) is 2. The Labute approximate surface area is 149 Å². The van der Waals surface area contributed by atoms with Crippen molar-refractivity contribution in [3.8, 4) is 0 Å². The molecule has 126 valence electrons. The molecular formula is C13H8Cl2N2O6S. The fourth-order valence-electron chi connectivity index (χ4n) is 1.79. The van der Waals surface area contributed by atoms with Gasteiger partial charge >= 0.3 is 5.97 Å². The molecule has 8 nitrogen and oxygen atoms in total. The van der Waals surface area contributed by atoms with E-state index >= 15 is 0 Å². The molecular weight excluding hydrogens is 383 g/mol. The van der Waals surface area contributed by atoms with Crippen molar-refractivity contribution in [3.63, 3.8) is 0 Å². The first-order valence-corrected chi connectivity index (χ1v) is 7.78. The van der Waals surface area contributed by atoms with Crippen molar-refractivity contribution in [2.45, 2.75) is 0 Å². The average molecular weight is 391 g/mol. The molecule has 0 aliphatic carbocycles. The van der Waals surface area contributed by atoms with Crippen LogP contribution in [-0.2, 0) is 14.3 Å². The van der Waals surface area contributed by atoms with Crippen LogP contribution in [0.2, 0.25) is 10.0 Å².